The average Bonchev–Trinajstić information content (AvgIpc) is 0.817. The first-order chi connectivity index (χ1) is 55.2. The molecular weight excluding hydrogens is 1420 g/mol. The van der Waals surface area contributed by atoms with Crippen LogP contribution in [0.2, 0.25) is 0 Å². The summed E-state index contributed by atoms with van der Waals surface area (Å²) in [6.07, 6.45) is 10.5. The van der Waals surface area contributed by atoms with Crippen LogP contribution in [0.25, 0.3) is 87.0 Å². The molecule has 16 aromatic rings. The van der Waals surface area contributed by atoms with Crippen LogP contribution in [-0.2, 0) is 6.42 Å². The number of halogens is 3. The summed E-state index contributed by atoms with van der Waals surface area (Å²) < 4.78 is 50.7. The van der Waals surface area contributed by atoms with Gasteiger partial charge in [-0.25, -0.2) is 18.2 Å². The second-order valence-corrected chi connectivity index (χ2v) is 31.2. The zero-order chi connectivity index (χ0) is 83.0. The van der Waals surface area contributed by atoms with E-state index >= 15 is 0 Å². The van der Waals surface area contributed by atoms with Crippen LogP contribution in [0.15, 0.2) is 262 Å². The molecule has 0 N–H and O–H groups in total. The Morgan fingerprint density at radius 3 is 1.44 bits per heavy atom. The minimum Gasteiger partial charge on any atom is -0.496 e. The molecule has 1 atom stereocenters. The predicted molar refractivity (Wildman–Crippen MR) is 481 cm³/mol. The van der Waals surface area contributed by atoms with Crippen molar-refractivity contribution in [3.63, 3.8) is 0 Å². The summed E-state index contributed by atoms with van der Waals surface area (Å²) in [6.45, 7) is 38.4. The van der Waals surface area contributed by atoms with Gasteiger partial charge in [-0.1, -0.05) is 251 Å². The van der Waals surface area contributed by atoms with Crippen molar-refractivity contribution in [2.45, 2.75) is 185 Å². The monoisotopic (exact) mass is 1540 g/mol. The van der Waals surface area contributed by atoms with E-state index in [0.717, 1.165) is 72.6 Å². The van der Waals surface area contributed by atoms with E-state index < -0.39 is 6.17 Å². The van der Waals surface area contributed by atoms with Crippen molar-refractivity contribution in [3.8, 4) is 11.5 Å². The normalized spacial score (nSPS) is 11.4. The van der Waals surface area contributed by atoms with Gasteiger partial charge < -0.3 is 9.47 Å². The van der Waals surface area contributed by atoms with E-state index in [2.05, 4.69) is 256 Å². The Labute approximate surface area is 680 Å². The van der Waals surface area contributed by atoms with Crippen molar-refractivity contribution in [1.82, 2.24) is 34.9 Å². The highest BCUT2D eigenvalue weighted by atomic mass is 19.1. The summed E-state index contributed by atoms with van der Waals surface area (Å²) in [5, 5.41) is 11.0. The van der Waals surface area contributed by atoms with Gasteiger partial charge in [0.05, 0.1) is 47.5 Å². The van der Waals surface area contributed by atoms with Gasteiger partial charge in [0.1, 0.15) is 34.8 Å². The zero-order valence-corrected chi connectivity index (χ0v) is 70.8. The highest BCUT2D eigenvalue weighted by Crippen LogP contribution is 2.35. The molecule has 7 heterocycles. The molecule has 0 bridgehead atoms. The van der Waals surface area contributed by atoms with E-state index in [-0.39, 0.29) is 11.6 Å². The second kappa shape index (κ2) is 42.0. The minimum absolute atomic E-state index is 0.197. The fourth-order valence-electron chi connectivity index (χ4n) is 13.9. The number of pyridine rings is 7. The van der Waals surface area contributed by atoms with Gasteiger partial charge in [0.2, 0.25) is 0 Å². The number of para-hydroxylation sites is 1. The third-order valence-corrected chi connectivity index (χ3v) is 20.4. The number of alkyl halides is 1. The van der Waals surface area contributed by atoms with E-state index in [4.69, 9.17) is 9.47 Å². The largest absolute Gasteiger partial charge is 0.496 e. The van der Waals surface area contributed by atoms with E-state index in [0.29, 0.717) is 63.9 Å². The van der Waals surface area contributed by atoms with Crippen LogP contribution in [0.4, 0.5) is 13.2 Å². The Balaban J connectivity index is 0.000000150. The van der Waals surface area contributed by atoms with E-state index in [9.17, 15) is 13.2 Å². The Kier molecular flexibility index (Phi) is 32.0. The minimum atomic E-state index is -1.01. The lowest BCUT2D eigenvalue weighted by Crippen LogP contribution is -1.95. The molecule has 0 radical (unpaired) electrons. The third-order valence-electron chi connectivity index (χ3n) is 20.4. The SMILES string of the molecule is CC(C)c1ccc(F)c2cnccc12.CC(C)c1ccc(F)c2ncccc12.CC(C)c1ccc2cccnc2c1.CC(C)c1cccc2nc(C(C)F)ccc12.CC(C)c1cnc2ccccc2c1.CCc1ccc2c(C(C)C)cccc2n1.COc1cccc2c(C(C)C)cccc12.COc1ccnc2cccc(C(C)C)c12. The summed E-state index contributed by atoms with van der Waals surface area (Å²) >= 11 is 0. The summed E-state index contributed by atoms with van der Waals surface area (Å²) in [5.74, 6) is 5.38. The lowest BCUT2D eigenvalue weighted by atomic mass is 9.96. The van der Waals surface area contributed by atoms with Crippen molar-refractivity contribution in [1.29, 1.82) is 0 Å². The molecule has 594 valence electrons. The van der Waals surface area contributed by atoms with E-state index in [1.807, 2.05) is 116 Å². The van der Waals surface area contributed by atoms with Crippen molar-refractivity contribution >= 4 is 87.0 Å². The molecule has 0 aliphatic rings. The Morgan fingerprint density at radius 1 is 0.313 bits per heavy atom. The molecule has 0 saturated heterocycles. The van der Waals surface area contributed by atoms with Crippen molar-refractivity contribution < 1.29 is 22.6 Å². The molecule has 12 heteroatoms. The topological polar surface area (TPSA) is 109 Å². The van der Waals surface area contributed by atoms with E-state index in [1.54, 1.807) is 45.1 Å². The fourth-order valence-corrected chi connectivity index (χ4v) is 13.9. The van der Waals surface area contributed by atoms with Gasteiger partial charge in [-0.2, -0.15) is 0 Å². The van der Waals surface area contributed by atoms with Gasteiger partial charge in [0.25, 0.3) is 0 Å². The number of aromatic nitrogens is 7. The highest BCUT2D eigenvalue weighted by Gasteiger charge is 2.15. The van der Waals surface area contributed by atoms with Crippen LogP contribution in [0, 0.1) is 11.6 Å². The highest BCUT2D eigenvalue weighted by molar-refractivity contribution is 5.92. The predicted octanol–water partition coefficient (Wildman–Crippen LogP) is 29.4. The summed E-state index contributed by atoms with van der Waals surface area (Å²) in [6, 6.07) is 74.5. The zero-order valence-electron chi connectivity index (χ0n) is 70.8. The molecule has 0 aliphatic carbocycles. The van der Waals surface area contributed by atoms with Gasteiger partial charge >= 0.3 is 0 Å². The molecule has 0 spiro atoms. The number of ether oxygens (including phenoxy) is 2. The van der Waals surface area contributed by atoms with Crippen molar-refractivity contribution in [2.24, 2.45) is 0 Å². The molecule has 1 unspecified atom stereocenters. The third kappa shape index (κ3) is 22.9. The van der Waals surface area contributed by atoms with Crippen LogP contribution in [0.1, 0.15) is 234 Å². The summed E-state index contributed by atoms with van der Waals surface area (Å²) in [5.41, 5.74) is 17.6. The molecule has 0 amide bonds. The van der Waals surface area contributed by atoms with Crippen molar-refractivity contribution in [2.75, 3.05) is 14.2 Å². The number of hydrogen-bond donors (Lipinski definition) is 0. The second-order valence-electron chi connectivity index (χ2n) is 31.2. The molecule has 9 nitrogen and oxygen atoms in total. The van der Waals surface area contributed by atoms with Gasteiger partial charge in [0.15, 0.2) is 0 Å². The van der Waals surface area contributed by atoms with Crippen molar-refractivity contribution in [3.05, 3.63) is 329 Å². The Bertz CT molecular complexity index is 5650. The molecule has 0 fully saturated rings. The van der Waals surface area contributed by atoms with Crippen LogP contribution < -0.4 is 9.47 Å². The quantitative estimate of drug-likeness (QED) is 0.118. The van der Waals surface area contributed by atoms with Crippen LogP contribution in [0.5, 0.6) is 11.5 Å². The number of benzene rings is 9. The number of fused-ring (bicyclic) bond motifs is 8. The number of nitrogens with zero attached hydrogens (tertiary/aromatic N) is 7. The van der Waals surface area contributed by atoms with Gasteiger partial charge in [-0.3, -0.25) is 29.9 Å². The number of aryl methyl sites for hydroxylation is 1. The number of methoxy groups -OCH3 is 2. The number of rotatable bonds is 12. The van der Waals surface area contributed by atoms with Gasteiger partial charge in [-0.15, -0.1) is 0 Å². The van der Waals surface area contributed by atoms with Gasteiger partial charge in [-0.05, 0) is 207 Å². The fraction of sp³-hybridized carbons (Fsp3) is 0.291. The van der Waals surface area contributed by atoms with Crippen LogP contribution in [-0.4, -0.2) is 49.1 Å². The van der Waals surface area contributed by atoms with E-state index in [1.165, 1.54) is 90.6 Å². The summed E-state index contributed by atoms with van der Waals surface area (Å²) in [4.78, 5) is 30.0. The standard InChI is InChI=1S/C14H16FN.C14H17N.C14H16O.C13H15NO.2C12H12FN.2C12H13N/c1-9(2)11-5-4-6-14-12(11)7-8-13(16-14)10(3)15;1-4-11-8-9-13-12(10(2)3)6-5-7-14(13)15-11;1-10(2)11-6-4-8-13-12(11)7-5-9-14(13)15-3;1-9(2)10-5-4-6-11-13(10)12(15-3)7-8-14-11;1-8(2)9-3-4-12(13)11-7-14-6-5-10(9)11;1-8(2)9-5-6-11(13)12-10(9)4-3-7-14-12;1-9(2)11-6-5-10-4-3-7-13-12(10)8-11;1-9(2)11-7-10-5-3-4-6-12(10)13-8-11/h4-10H,1-3H3;5-10H,4H2,1-3H3;4-10H,1-3H3;4-9H,1-3H3;2*3-8H,1-2H3;2*3-9H,1-2H3. The van der Waals surface area contributed by atoms with Crippen LogP contribution >= 0.6 is 0 Å². The molecule has 115 heavy (non-hydrogen) atoms. The first kappa shape index (κ1) is 87.5. The molecular formula is C103H114F3N7O2. The maximum Gasteiger partial charge on any atom is 0.149 e. The summed E-state index contributed by atoms with van der Waals surface area (Å²) in [7, 11) is 3.42. The maximum atomic E-state index is 13.4. The first-order valence-electron chi connectivity index (χ1n) is 40.4. The molecule has 0 saturated carbocycles. The lowest BCUT2D eigenvalue weighted by molar-refractivity contribution is 0.366. The average molecular weight is 1540 g/mol. The Hall–Kier alpha value is -11.5. The smallest absolute Gasteiger partial charge is 0.149 e. The first-order valence-corrected chi connectivity index (χ1v) is 40.4. The molecule has 9 aromatic carbocycles. The Morgan fingerprint density at radius 2 is 0.817 bits per heavy atom. The molecule has 16 rings (SSSR count). The maximum absolute atomic E-state index is 13.4. The van der Waals surface area contributed by atoms with Gasteiger partial charge in [0, 0.05) is 86.0 Å². The number of hydrogen-bond acceptors (Lipinski definition) is 9. The van der Waals surface area contributed by atoms with Crippen LogP contribution in [0.3, 0.4) is 0 Å². The molecule has 7 aromatic heterocycles. The lowest BCUT2D eigenvalue weighted by Gasteiger charge is -2.12. The molecule has 0 aliphatic heterocycles.